The van der Waals surface area contributed by atoms with Crippen LogP contribution >= 0.6 is 0 Å². The number of pyridine rings is 1. The maximum absolute atomic E-state index is 5.10. The summed E-state index contributed by atoms with van der Waals surface area (Å²) >= 11 is 0. The summed E-state index contributed by atoms with van der Waals surface area (Å²) in [6.07, 6.45) is 5.60. The lowest BCUT2D eigenvalue weighted by Gasteiger charge is -1.87. The highest BCUT2D eigenvalue weighted by molar-refractivity contribution is 5.63. The van der Waals surface area contributed by atoms with E-state index in [-0.39, 0.29) is 0 Å². The second-order valence-electron chi connectivity index (χ2n) is 4.04. The van der Waals surface area contributed by atoms with Crippen molar-refractivity contribution >= 4 is 12.2 Å². The molecule has 0 aliphatic heterocycles. The van der Waals surface area contributed by atoms with Crippen LogP contribution in [0.15, 0.2) is 33.4 Å². The van der Waals surface area contributed by atoms with Crippen molar-refractivity contribution in [3.63, 3.8) is 0 Å². The van der Waals surface area contributed by atoms with Gasteiger partial charge in [-0.15, -0.1) is 0 Å². The van der Waals surface area contributed by atoms with E-state index in [0.29, 0.717) is 29.9 Å². The molecule has 3 rings (SSSR count). The standard InChI is InChI=1S/C13H11N5O2/c1-9-15-11(17-19-9)8-12-16-13(20-18-12)6-5-10-4-2-3-7-14-10/h2-7H,8H2,1H3. The van der Waals surface area contributed by atoms with Gasteiger partial charge in [-0.05, 0) is 18.2 Å². The Hall–Kier alpha value is -2.83. The van der Waals surface area contributed by atoms with Gasteiger partial charge in [-0.3, -0.25) is 4.98 Å². The van der Waals surface area contributed by atoms with Gasteiger partial charge < -0.3 is 9.05 Å². The third kappa shape index (κ3) is 2.94. The summed E-state index contributed by atoms with van der Waals surface area (Å²) in [5.74, 6) is 1.96. The maximum atomic E-state index is 5.10. The molecule has 0 aliphatic carbocycles. The van der Waals surface area contributed by atoms with Gasteiger partial charge in [-0.1, -0.05) is 16.4 Å². The molecule has 3 aromatic heterocycles. The average molecular weight is 269 g/mol. The average Bonchev–Trinajstić information content (AvgIpc) is 3.08. The van der Waals surface area contributed by atoms with Gasteiger partial charge in [0.05, 0.1) is 12.1 Å². The number of aromatic nitrogens is 5. The van der Waals surface area contributed by atoms with Crippen LogP contribution in [-0.4, -0.2) is 25.3 Å². The third-order valence-electron chi connectivity index (χ3n) is 2.45. The van der Waals surface area contributed by atoms with E-state index in [9.17, 15) is 0 Å². The Morgan fingerprint density at radius 2 is 1.90 bits per heavy atom. The normalized spacial score (nSPS) is 11.2. The van der Waals surface area contributed by atoms with E-state index in [1.54, 1.807) is 25.3 Å². The second kappa shape index (κ2) is 5.43. The van der Waals surface area contributed by atoms with Crippen LogP contribution in [0.2, 0.25) is 0 Å². The smallest absolute Gasteiger partial charge is 0.250 e. The summed E-state index contributed by atoms with van der Waals surface area (Å²) in [6.45, 7) is 1.73. The Bertz CT molecular complexity index is 717. The molecule has 0 radical (unpaired) electrons. The highest BCUT2D eigenvalue weighted by atomic mass is 16.5. The number of aryl methyl sites for hydroxylation is 1. The van der Waals surface area contributed by atoms with Gasteiger partial charge in [0.15, 0.2) is 11.6 Å². The lowest BCUT2D eigenvalue weighted by atomic mass is 10.3. The fourth-order valence-electron chi connectivity index (χ4n) is 1.59. The molecule has 0 spiro atoms. The number of hydrogen-bond donors (Lipinski definition) is 0. The zero-order valence-corrected chi connectivity index (χ0v) is 10.7. The first-order valence-corrected chi connectivity index (χ1v) is 6.00. The molecule has 0 unspecified atom stereocenters. The van der Waals surface area contributed by atoms with Gasteiger partial charge in [0.2, 0.25) is 5.89 Å². The molecule has 3 heterocycles. The van der Waals surface area contributed by atoms with E-state index in [1.165, 1.54) is 0 Å². The van der Waals surface area contributed by atoms with E-state index in [2.05, 4.69) is 25.3 Å². The Kier molecular flexibility index (Phi) is 3.32. The van der Waals surface area contributed by atoms with Crippen molar-refractivity contribution in [3.8, 4) is 0 Å². The molecule has 7 nitrogen and oxygen atoms in total. The molecule has 0 saturated carbocycles. The predicted octanol–water partition coefficient (Wildman–Crippen LogP) is 1.92. The highest BCUT2D eigenvalue weighted by Crippen LogP contribution is 2.07. The van der Waals surface area contributed by atoms with Gasteiger partial charge in [-0.25, -0.2) is 0 Å². The molecule has 0 N–H and O–H groups in total. The van der Waals surface area contributed by atoms with Gasteiger partial charge in [0.1, 0.15) is 0 Å². The molecular weight excluding hydrogens is 258 g/mol. The molecule has 7 heteroatoms. The van der Waals surface area contributed by atoms with Crippen LogP contribution in [0, 0.1) is 6.92 Å². The van der Waals surface area contributed by atoms with E-state index >= 15 is 0 Å². The lowest BCUT2D eigenvalue weighted by molar-refractivity contribution is 0.386. The van der Waals surface area contributed by atoms with Crippen molar-refractivity contribution < 1.29 is 9.05 Å². The van der Waals surface area contributed by atoms with Crippen LogP contribution in [0.4, 0.5) is 0 Å². The fraction of sp³-hybridized carbons (Fsp3) is 0.154. The summed E-state index contributed by atoms with van der Waals surface area (Å²) in [6, 6.07) is 5.65. The topological polar surface area (TPSA) is 90.7 Å². The van der Waals surface area contributed by atoms with Gasteiger partial charge in [-0.2, -0.15) is 9.97 Å². The monoisotopic (exact) mass is 269 g/mol. The molecule has 0 saturated heterocycles. The Labute approximate surface area is 114 Å². The van der Waals surface area contributed by atoms with E-state index in [1.807, 2.05) is 18.2 Å². The van der Waals surface area contributed by atoms with Gasteiger partial charge >= 0.3 is 0 Å². The summed E-state index contributed by atoms with van der Waals surface area (Å²) in [5.41, 5.74) is 0.820. The fourth-order valence-corrected chi connectivity index (χ4v) is 1.59. The molecular formula is C13H11N5O2. The van der Waals surface area contributed by atoms with Gasteiger partial charge in [0.25, 0.3) is 5.89 Å². The van der Waals surface area contributed by atoms with E-state index < -0.39 is 0 Å². The quantitative estimate of drug-likeness (QED) is 0.714. The van der Waals surface area contributed by atoms with Crippen molar-refractivity contribution in [1.82, 2.24) is 25.3 Å². The zero-order valence-electron chi connectivity index (χ0n) is 10.7. The number of hydrogen-bond acceptors (Lipinski definition) is 7. The van der Waals surface area contributed by atoms with E-state index in [4.69, 9.17) is 9.05 Å². The first-order valence-electron chi connectivity index (χ1n) is 6.00. The van der Waals surface area contributed by atoms with E-state index in [0.717, 1.165) is 5.69 Å². The molecule has 0 amide bonds. The molecule has 0 bridgehead atoms. The second-order valence-corrected chi connectivity index (χ2v) is 4.04. The molecule has 100 valence electrons. The van der Waals surface area contributed by atoms with Crippen LogP contribution in [0.1, 0.15) is 29.1 Å². The van der Waals surface area contributed by atoms with Crippen molar-refractivity contribution in [2.75, 3.05) is 0 Å². The molecule has 0 aliphatic rings. The molecule has 0 fully saturated rings. The molecule has 0 aromatic carbocycles. The number of nitrogens with zero attached hydrogens (tertiary/aromatic N) is 5. The van der Waals surface area contributed by atoms with Crippen molar-refractivity contribution in [2.45, 2.75) is 13.3 Å². The summed E-state index contributed by atoms with van der Waals surface area (Å²) in [4.78, 5) is 12.5. The lowest BCUT2D eigenvalue weighted by Crippen LogP contribution is -1.93. The van der Waals surface area contributed by atoms with Crippen LogP contribution in [-0.2, 0) is 6.42 Å². The van der Waals surface area contributed by atoms with Crippen LogP contribution in [0.5, 0.6) is 0 Å². The van der Waals surface area contributed by atoms with Crippen molar-refractivity contribution in [2.24, 2.45) is 0 Å². The minimum atomic E-state index is 0.373. The summed E-state index contributed by atoms with van der Waals surface area (Å²) < 4.78 is 9.98. The maximum Gasteiger partial charge on any atom is 0.250 e. The van der Waals surface area contributed by atoms with Crippen LogP contribution < -0.4 is 0 Å². The molecule has 0 atom stereocenters. The first kappa shape index (κ1) is 12.2. The summed E-state index contributed by atoms with van der Waals surface area (Å²) in [7, 11) is 0. The minimum absolute atomic E-state index is 0.373. The Balaban J connectivity index is 1.69. The van der Waals surface area contributed by atoms with Crippen LogP contribution in [0.25, 0.3) is 12.2 Å². The Morgan fingerprint density at radius 1 is 1.05 bits per heavy atom. The number of rotatable bonds is 4. The first-order chi connectivity index (χ1) is 9.79. The molecule has 20 heavy (non-hydrogen) atoms. The Morgan fingerprint density at radius 3 is 2.65 bits per heavy atom. The molecule has 3 aromatic rings. The predicted molar refractivity (Wildman–Crippen MR) is 69.3 cm³/mol. The SMILES string of the molecule is Cc1nc(Cc2noc(C=Cc3ccccn3)n2)no1. The minimum Gasteiger partial charge on any atom is -0.340 e. The third-order valence-corrected chi connectivity index (χ3v) is 2.45. The van der Waals surface area contributed by atoms with Gasteiger partial charge in [0, 0.05) is 19.2 Å². The highest BCUT2D eigenvalue weighted by Gasteiger charge is 2.09. The zero-order chi connectivity index (χ0) is 13.8. The van der Waals surface area contributed by atoms with Crippen molar-refractivity contribution in [3.05, 3.63) is 53.5 Å². The van der Waals surface area contributed by atoms with Crippen molar-refractivity contribution in [1.29, 1.82) is 0 Å². The largest absolute Gasteiger partial charge is 0.340 e. The summed E-state index contributed by atoms with van der Waals surface area (Å²) in [5, 5.41) is 7.63. The van der Waals surface area contributed by atoms with Crippen LogP contribution in [0.3, 0.4) is 0 Å².